The first kappa shape index (κ1) is 15.8. The predicted molar refractivity (Wildman–Crippen MR) is 81.4 cm³/mol. The number of hydrogen-bond donors (Lipinski definition) is 0. The Bertz CT molecular complexity index is 887. The third kappa shape index (κ3) is 3.28. The molecular formula is C15H9ClN2O6. The largest absolute Gasteiger partial charge is 0.461 e. The number of carbonyl (C=O) groups excluding carboxylic acids is 1. The van der Waals surface area contributed by atoms with Crippen molar-refractivity contribution in [3.63, 3.8) is 0 Å². The molecule has 0 saturated carbocycles. The maximum Gasteiger partial charge on any atom is 0.340 e. The molecule has 0 radical (unpaired) electrons. The number of non-ortho nitro benzene ring substituents is 1. The van der Waals surface area contributed by atoms with Crippen LogP contribution in [-0.4, -0.2) is 16.0 Å². The summed E-state index contributed by atoms with van der Waals surface area (Å²) < 4.78 is 15.3. The van der Waals surface area contributed by atoms with Gasteiger partial charge in [-0.1, -0.05) is 16.8 Å². The Balaban J connectivity index is 1.70. The number of benzene rings is 1. The molecule has 2 aromatic heterocycles. The Morgan fingerprint density at radius 1 is 1.29 bits per heavy atom. The van der Waals surface area contributed by atoms with Gasteiger partial charge in [0, 0.05) is 18.2 Å². The van der Waals surface area contributed by atoms with Gasteiger partial charge in [0.25, 0.3) is 5.69 Å². The molecule has 0 spiro atoms. The van der Waals surface area contributed by atoms with Gasteiger partial charge in [0.2, 0.25) is 5.76 Å². The minimum Gasteiger partial charge on any atom is -0.461 e. The van der Waals surface area contributed by atoms with Gasteiger partial charge in [-0.2, -0.15) is 0 Å². The average Bonchev–Trinajstić information content (AvgIpc) is 3.24. The molecule has 3 rings (SSSR count). The molecule has 0 bridgehead atoms. The first-order valence-electron chi connectivity index (χ1n) is 6.65. The number of halogens is 1. The number of aromatic nitrogens is 1. The molecule has 8 nitrogen and oxygen atoms in total. The quantitative estimate of drug-likeness (QED) is 0.391. The van der Waals surface area contributed by atoms with Crippen molar-refractivity contribution in [1.29, 1.82) is 0 Å². The summed E-state index contributed by atoms with van der Waals surface area (Å²) in [7, 11) is 0. The van der Waals surface area contributed by atoms with Gasteiger partial charge in [-0.05, 0) is 18.2 Å². The number of hydrogen-bond acceptors (Lipinski definition) is 7. The zero-order valence-corrected chi connectivity index (χ0v) is 12.7. The average molecular weight is 349 g/mol. The molecule has 3 aromatic rings. The molecule has 0 N–H and O–H groups in total. The number of carbonyl (C=O) groups is 1. The van der Waals surface area contributed by atoms with Crippen LogP contribution < -0.4 is 0 Å². The normalized spacial score (nSPS) is 10.5. The van der Waals surface area contributed by atoms with Crippen LogP contribution >= 0.6 is 11.6 Å². The zero-order valence-electron chi connectivity index (χ0n) is 12.0. The predicted octanol–water partition coefficient (Wildman–Crippen LogP) is 3.85. The Morgan fingerprint density at radius 2 is 2.12 bits per heavy atom. The van der Waals surface area contributed by atoms with Gasteiger partial charge < -0.3 is 13.7 Å². The van der Waals surface area contributed by atoms with Crippen molar-refractivity contribution in [2.24, 2.45) is 0 Å². The molecule has 0 unspecified atom stereocenters. The highest BCUT2D eigenvalue weighted by molar-refractivity contribution is 6.33. The third-order valence-corrected chi connectivity index (χ3v) is 3.38. The molecular weight excluding hydrogens is 340 g/mol. The summed E-state index contributed by atoms with van der Waals surface area (Å²) in [4.78, 5) is 22.2. The second-order valence-electron chi connectivity index (χ2n) is 4.66. The van der Waals surface area contributed by atoms with Crippen molar-refractivity contribution in [2.75, 3.05) is 0 Å². The lowest BCUT2D eigenvalue weighted by Crippen LogP contribution is -2.06. The number of esters is 1. The number of furan rings is 1. The molecule has 0 atom stereocenters. The van der Waals surface area contributed by atoms with Crippen LogP contribution in [0.2, 0.25) is 5.02 Å². The number of nitro groups is 1. The minimum atomic E-state index is -0.800. The highest BCUT2D eigenvalue weighted by Crippen LogP contribution is 2.24. The van der Waals surface area contributed by atoms with Crippen LogP contribution in [-0.2, 0) is 11.3 Å². The van der Waals surface area contributed by atoms with E-state index >= 15 is 0 Å². The van der Waals surface area contributed by atoms with Crippen LogP contribution in [0, 0.1) is 10.1 Å². The van der Waals surface area contributed by atoms with Gasteiger partial charge in [-0.15, -0.1) is 0 Å². The van der Waals surface area contributed by atoms with Gasteiger partial charge in [-0.25, -0.2) is 4.79 Å². The van der Waals surface area contributed by atoms with Gasteiger partial charge in [0.05, 0.1) is 21.8 Å². The highest BCUT2D eigenvalue weighted by atomic mass is 35.5. The smallest absolute Gasteiger partial charge is 0.340 e. The van der Waals surface area contributed by atoms with Gasteiger partial charge >= 0.3 is 5.97 Å². The van der Waals surface area contributed by atoms with Crippen LogP contribution in [0.25, 0.3) is 11.5 Å². The summed E-state index contributed by atoms with van der Waals surface area (Å²) in [6.07, 6.45) is 1.49. The molecule has 9 heteroatoms. The van der Waals surface area contributed by atoms with Crippen molar-refractivity contribution in [2.45, 2.75) is 6.61 Å². The van der Waals surface area contributed by atoms with Gasteiger partial charge in [0.15, 0.2) is 5.76 Å². The van der Waals surface area contributed by atoms with Crippen molar-refractivity contribution in [3.8, 4) is 11.5 Å². The fourth-order valence-corrected chi connectivity index (χ4v) is 2.11. The fourth-order valence-electron chi connectivity index (χ4n) is 1.92. The van der Waals surface area contributed by atoms with Crippen LogP contribution in [0.5, 0.6) is 0 Å². The van der Waals surface area contributed by atoms with Crippen molar-refractivity contribution in [1.82, 2.24) is 5.16 Å². The van der Waals surface area contributed by atoms with Crippen molar-refractivity contribution in [3.05, 3.63) is 69.1 Å². The summed E-state index contributed by atoms with van der Waals surface area (Å²) in [6.45, 7) is -0.179. The van der Waals surface area contributed by atoms with E-state index in [0.717, 1.165) is 6.07 Å². The van der Waals surface area contributed by atoms with E-state index in [-0.39, 0.29) is 22.9 Å². The molecule has 0 saturated heterocycles. The maximum atomic E-state index is 12.0. The second kappa shape index (κ2) is 6.55. The fraction of sp³-hybridized carbons (Fsp3) is 0.0667. The zero-order chi connectivity index (χ0) is 17.1. The van der Waals surface area contributed by atoms with E-state index in [1.165, 1.54) is 18.4 Å². The maximum absolute atomic E-state index is 12.0. The van der Waals surface area contributed by atoms with Gasteiger partial charge in [0.1, 0.15) is 12.3 Å². The Morgan fingerprint density at radius 3 is 2.83 bits per heavy atom. The first-order chi connectivity index (χ1) is 11.5. The molecule has 0 aliphatic heterocycles. The van der Waals surface area contributed by atoms with E-state index in [9.17, 15) is 14.9 Å². The second-order valence-corrected chi connectivity index (χ2v) is 5.06. The number of nitrogens with zero attached hydrogens (tertiary/aromatic N) is 2. The number of rotatable bonds is 5. The highest BCUT2D eigenvalue weighted by Gasteiger charge is 2.18. The van der Waals surface area contributed by atoms with E-state index in [4.69, 9.17) is 25.3 Å². The lowest BCUT2D eigenvalue weighted by molar-refractivity contribution is -0.384. The molecule has 122 valence electrons. The number of ether oxygens (including phenoxy) is 1. The van der Waals surface area contributed by atoms with Crippen LogP contribution in [0.3, 0.4) is 0 Å². The first-order valence-corrected chi connectivity index (χ1v) is 7.03. The molecule has 24 heavy (non-hydrogen) atoms. The summed E-state index contributed by atoms with van der Waals surface area (Å²) in [5.74, 6) is 0.0764. The molecule has 0 amide bonds. The Hall–Kier alpha value is -3.13. The summed E-state index contributed by atoms with van der Waals surface area (Å²) >= 11 is 5.88. The summed E-state index contributed by atoms with van der Waals surface area (Å²) in [5, 5.41) is 14.6. The Labute approximate surface area is 139 Å². The number of nitro benzene ring substituents is 1. The van der Waals surface area contributed by atoms with Crippen LogP contribution in [0.1, 0.15) is 16.1 Å². The summed E-state index contributed by atoms with van der Waals surface area (Å²) in [5.41, 5.74) is 0.00446. The topological polar surface area (TPSA) is 109 Å². The van der Waals surface area contributed by atoms with E-state index in [1.807, 2.05) is 0 Å². The van der Waals surface area contributed by atoms with E-state index in [0.29, 0.717) is 17.2 Å². The monoisotopic (exact) mass is 348 g/mol. The standard InChI is InChI=1S/C15H9ClN2O6/c16-12-4-3-10(18(20)21)7-11(12)15(19)23-8-9-6-14(24-17-9)13-2-1-5-22-13/h1-7H,8H2. The van der Waals surface area contributed by atoms with E-state index < -0.39 is 10.9 Å². The Kier molecular flexibility index (Phi) is 4.30. The van der Waals surface area contributed by atoms with Crippen molar-refractivity contribution >= 4 is 23.3 Å². The van der Waals surface area contributed by atoms with Crippen LogP contribution in [0.4, 0.5) is 5.69 Å². The van der Waals surface area contributed by atoms with E-state index in [1.54, 1.807) is 18.2 Å². The minimum absolute atomic E-state index is 0.0574. The molecule has 0 aliphatic rings. The lowest BCUT2D eigenvalue weighted by Gasteiger charge is -2.04. The molecule has 1 aromatic carbocycles. The van der Waals surface area contributed by atoms with Crippen LogP contribution in [0.15, 0.2) is 51.6 Å². The SMILES string of the molecule is O=C(OCc1cc(-c2ccco2)on1)c1cc([N+](=O)[O-])ccc1Cl. The lowest BCUT2D eigenvalue weighted by atomic mass is 10.2. The summed E-state index contributed by atoms with van der Waals surface area (Å²) in [6, 6.07) is 8.47. The van der Waals surface area contributed by atoms with Gasteiger partial charge in [-0.3, -0.25) is 10.1 Å². The molecule has 0 fully saturated rings. The third-order valence-electron chi connectivity index (χ3n) is 3.05. The molecule has 2 heterocycles. The van der Waals surface area contributed by atoms with E-state index in [2.05, 4.69) is 5.16 Å². The molecule has 0 aliphatic carbocycles. The van der Waals surface area contributed by atoms with Crippen molar-refractivity contribution < 1.29 is 23.4 Å².